The quantitative estimate of drug-likeness (QED) is 0.880. The van der Waals surface area contributed by atoms with Gasteiger partial charge in [0, 0.05) is 6.42 Å². The maximum Gasteiger partial charge on any atom is 0.165 e. The summed E-state index contributed by atoms with van der Waals surface area (Å²) < 4.78 is 19.2. The van der Waals surface area contributed by atoms with Crippen LogP contribution in [-0.4, -0.2) is 6.10 Å². The van der Waals surface area contributed by atoms with E-state index < -0.39 is 0 Å². The summed E-state index contributed by atoms with van der Waals surface area (Å²) in [5.41, 5.74) is 8.42. The van der Waals surface area contributed by atoms with Gasteiger partial charge in [0.15, 0.2) is 11.6 Å². The minimum absolute atomic E-state index is 0.194. The predicted octanol–water partition coefficient (Wildman–Crippen LogP) is 2.83. The van der Waals surface area contributed by atoms with Crippen LogP contribution >= 0.6 is 0 Å². The molecule has 0 aliphatic heterocycles. The molecule has 2 nitrogen and oxygen atoms in total. The van der Waals surface area contributed by atoms with Gasteiger partial charge in [-0.05, 0) is 23.3 Å². The van der Waals surface area contributed by atoms with Gasteiger partial charge in [-0.25, -0.2) is 4.39 Å². The number of rotatable bonds is 2. The van der Waals surface area contributed by atoms with Crippen LogP contribution in [0.2, 0.25) is 0 Å². The molecule has 0 aromatic heterocycles. The van der Waals surface area contributed by atoms with Crippen LogP contribution in [0.1, 0.15) is 17.2 Å². The van der Waals surface area contributed by atoms with Crippen molar-refractivity contribution >= 4 is 0 Å². The second-order valence-corrected chi connectivity index (χ2v) is 4.52. The van der Waals surface area contributed by atoms with Gasteiger partial charge in [-0.15, -0.1) is 0 Å². The molecule has 0 saturated carbocycles. The molecule has 2 aromatic carbocycles. The average Bonchev–Trinajstić information content (AvgIpc) is 2.70. The second-order valence-electron chi connectivity index (χ2n) is 4.52. The molecule has 92 valence electrons. The van der Waals surface area contributed by atoms with E-state index in [9.17, 15) is 4.39 Å². The molecule has 1 aliphatic rings. The molecule has 0 radical (unpaired) electrons. The van der Waals surface area contributed by atoms with E-state index in [1.807, 2.05) is 24.3 Å². The van der Waals surface area contributed by atoms with Gasteiger partial charge >= 0.3 is 0 Å². The third kappa shape index (κ3) is 1.87. The summed E-state index contributed by atoms with van der Waals surface area (Å²) in [7, 11) is 0. The largest absolute Gasteiger partial charge is 0.485 e. The van der Waals surface area contributed by atoms with Gasteiger partial charge in [0.05, 0.1) is 6.04 Å². The molecule has 2 aromatic rings. The minimum Gasteiger partial charge on any atom is -0.485 e. The molecule has 3 rings (SSSR count). The smallest absolute Gasteiger partial charge is 0.165 e. The monoisotopic (exact) mass is 243 g/mol. The van der Waals surface area contributed by atoms with E-state index in [4.69, 9.17) is 10.5 Å². The number of nitrogens with two attached hydrogens (primary N) is 1. The fraction of sp³-hybridized carbons (Fsp3) is 0.200. The average molecular weight is 243 g/mol. The predicted molar refractivity (Wildman–Crippen MR) is 67.9 cm³/mol. The first-order valence-electron chi connectivity index (χ1n) is 6.00. The summed E-state index contributed by atoms with van der Waals surface area (Å²) in [5.74, 6) is -0.0774. The summed E-state index contributed by atoms with van der Waals surface area (Å²) in [6.45, 7) is 0. The summed E-state index contributed by atoms with van der Waals surface area (Å²) in [4.78, 5) is 0. The second kappa shape index (κ2) is 4.42. The maximum atomic E-state index is 13.5. The molecule has 2 N–H and O–H groups in total. The van der Waals surface area contributed by atoms with Crippen LogP contribution in [0.4, 0.5) is 4.39 Å². The van der Waals surface area contributed by atoms with E-state index in [0.717, 1.165) is 12.0 Å². The number of fused-ring (bicyclic) bond motifs is 1. The molecule has 18 heavy (non-hydrogen) atoms. The van der Waals surface area contributed by atoms with E-state index in [2.05, 4.69) is 0 Å². The van der Waals surface area contributed by atoms with Crippen molar-refractivity contribution in [2.45, 2.75) is 18.6 Å². The summed E-state index contributed by atoms with van der Waals surface area (Å²) in [6, 6.07) is 14.2. The Labute approximate surface area is 105 Å². The number of benzene rings is 2. The highest BCUT2D eigenvalue weighted by Crippen LogP contribution is 2.32. The SMILES string of the molecule is NC1c2ccccc2CC1Oc1ccccc1F. The van der Waals surface area contributed by atoms with E-state index in [-0.39, 0.29) is 23.7 Å². The minimum atomic E-state index is -0.347. The van der Waals surface area contributed by atoms with Crippen LogP contribution in [0.25, 0.3) is 0 Å². The molecule has 3 heteroatoms. The highest BCUT2D eigenvalue weighted by atomic mass is 19.1. The molecule has 1 aliphatic carbocycles. The van der Waals surface area contributed by atoms with Crippen molar-refractivity contribution in [1.82, 2.24) is 0 Å². The standard InChI is InChI=1S/C15H14FNO/c16-12-7-3-4-8-13(12)18-14-9-10-5-1-2-6-11(10)15(14)17/h1-8,14-15H,9,17H2. The zero-order valence-electron chi connectivity index (χ0n) is 9.84. The molecule has 0 amide bonds. The van der Waals surface area contributed by atoms with Gasteiger partial charge in [-0.3, -0.25) is 0 Å². The maximum absolute atomic E-state index is 13.5. The fourth-order valence-electron chi connectivity index (χ4n) is 2.41. The molecule has 0 fully saturated rings. The highest BCUT2D eigenvalue weighted by Gasteiger charge is 2.31. The number of halogens is 1. The first kappa shape index (κ1) is 11.2. The number of para-hydroxylation sites is 1. The molecule has 0 bridgehead atoms. The summed E-state index contributed by atoms with van der Waals surface area (Å²) in [5, 5.41) is 0. The molecule has 2 unspecified atom stereocenters. The van der Waals surface area contributed by atoms with Crippen LogP contribution in [-0.2, 0) is 6.42 Å². The Morgan fingerprint density at radius 2 is 1.78 bits per heavy atom. The van der Waals surface area contributed by atoms with Crippen molar-refractivity contribution < 1.29 is 9.13 Å². The normalized spacial score (nSPS) is 21.7. The van der Waals surface area contributed by atoms with Crippen molar-refractivity contribution in [1.29, 1.82) is 0 Å². The molecule has 0 heterocycles. The van der Waals surface area contributed by atoms with Crippen LogP contribution < -0.4 is 10.5 Å². The van der Waals surface area contributed by atoms with Gasteiger partial charge in [0.2, 0.25) is 0 Å². The lowest BCUT2D eigenvalue weighted by molar-refractivity contribution is 0.177. The molecule has 0 spiro atoms. The molecular weight excluding hydrogens is 229 g/mol. The third-order valence-corrected chi connectivity index (χ3v) is 3.35. The van der Waals surface area contributed by atoms with Gasteiger partial charge in [0.25, 0.3) is 0 Å². The van der Waals surface area contributed by atoms with Gasteiger partial charge < -0.3 is 10.5 Å². The van der Waals surface area contributed by atoms with Crippen LogP contribution in [0, 0.1) is 5.82 Å². The molecule has 0 saturated heterocycles. The van der Waals surface area contributed by atoms with E-state index >= 15 is 0 Å². The van der Waals surface area contributed by atoms with Gasteiger partial charge in [-0.1, -0.05) is 36.4 Å². The lowest BCUT2D eigenvalue weighted by Crippen LogP contribution is -2.28. The highest BCUT2D eigenvalue weighted by molar-refractivity contribution is 5.37. The van der Waals surface area contributed by atoms with E-state index in [1.54, 1.807) is 18.2 Å². The third-order valence-electron chi connectivity index (χ3n) is 3.35. The Morgan fingerprint density at radius 1 is 1.06 bits per heavy atom. The lowest BCUT2D eigenvalue weighted by atomic mass is 10.1. The lowest BCUT2D eigenvalue weighted by Gasteiger charge is -2.18. The van der Waals surface area contributed by atoms with Crippen molar-refractivity contribution in [3.63, 3.8) is 0 Å². The van der Waals surface area contributed by atoms with Crippen molar-refractivity contribution in [2.24, 2.45) is 5.73 Å². The number of hydrogen-bond acceptors (Lipinski definition) is 2. The Balaban J connectivity index is 1.83. The number of hydrogen-bond donors (Lipinski definition) is 1. The Morgan fingerprint density at radius 3 is 2.56 bits per heavy atom. The topological polar surface area (TPSA) is 35.2 Å². The zero-order chi connectivity index (χ0) is 12.5. The molecule has 2 atom stereocenters. The van der Waals surface area contributed by atoms with Crippen molar-refractivity contribution in [3.05, 3.63) is 65.5 Å². The van der Waals surface area contributed by atoms with Crippen LogP contribution in [0.5, 0.6) is 5.75 Å². The van der Waals surface area contributed by atoms with Gasteiger partial charge in [0.1, 0.15) is 6.10 Å². The Hall–Kier alpha value is -1.87. The van der Waals surface area contributed by atoms with E-state index in [1.165, 1.54) is 11.6 Å². The summed E-state index contributed by atoms with van der Waals surface area (Å²) >= 11 is 0. The van der Waals surface area contributed by atoms with Crippen molar-refractivity contribution in [2.75, 3.05) is 0 Å². The first-order valence-corrected chi connectivity index (χ1v) is 6.00. The van der Waals surface area contributed by atoms with Crippen molar-refractivity contribution in [3.8, 4) is 5.75 Å². The summed E-state index contributed by atoms with van der Waals surface area (Å²) in [6.07, 6.45) is 0.533. The zero-order valence-corrected chi connectivity index (χ0v) is 9.84. The van der Waals surface area contributed by atoms with Gasteiger partial charge in [-0.2, -0.15) is 0 Å². The van der Waals surface area contributed by atoms with E-state index in [0.29, 0.717) is 0 Å². The van der Waals surface area contributed by atoms with Crippen LogP contribution in [0.3, 0.4) is 0 Å². The Kier molecular flexibility index (Phi) is 2.76. The van der Waals surface area contributed by atoms with Crippen LogP contribution in [0.15, 0.2) is 48.5 Å². The first-order chi connectivity index (χ1) is 8.75. The molecular formula is C15H14FNO. The number of ether oxygens (including phenoxy) is 1. The Bertz CT molecular complexity index is 570. The fourth-order valence-corrected chi connectivity index (χ4v) is 2.41.